The molecule has 1 heterocycles. The number of aromatic nitrogens is 2. The zero-order chi connectivity index (χ0) is 21.0. The molecule has 1 amide bonds. The molecule has 0 bridgehead atoms. The smallest absolute Gasteiger partial charge is 0.280 e. The Bertz CT molecular complexity index is 1000. The number of nitrogens with zero attached hydrogens (tertiary/aromatic N) is 3. The second kappa shape index (κ2) is 8.92. The molecule has 0 aliphatic heterocycles. The molecule has 0 aliphatic rings. The lowest BCUT2D eigenvalue weighted by molar-refractivity contribution is -0.127. The van der Waals surface area contributed by atoms with E-state index in [-0.39, 0.29) is 5.91 Å². The Labute approximate surface area is 175 Å². The van der Waals surface area contributed by atoms with Crippen LogP contribution < -0.4 is 10.2 Å². The topological polar surface area (TPSA) is 68.5 Å². The maximum atomic E-state index is 12.3. The molecule has 29 heavy (non-hydrogen) atoms. The number of benzene rings is 2. The first-order valence-corrected chi connectivity index (χ1v) is 9.59. The van der Waals surface area contributed by atoms with Gasteiger partial charge in [-0.25, -0.2) is 10.4 Å². The van der Waals surface area contributed by atoms with Gasteiger partial charge in [-0.15, -0.1) is 0 Å². The van der Waals surface area contributed by atoms with E-state index in [4.69, 9.17) is 16.3 Å². The minimum Gasteiger partial charge on any atom is -0.481 e. The lowest BCUT2D eigenvalue weighted by Crippen LogP contribution is -2.34. The van der Waals surface area contributed by atoms with Crippen molar-refractivity contribution in [3.63, 3.8) is 0 Å². The zero-order valence-corrected chi connectivity index (χ0v) is 17.6. The second-order valence-corrected chi connectivity index (χ2v) is 7.20. The molecule has 0 aliphatic carbocycles. The third-order valence-corrected chi connectivity index (χ3v) is 5.11. The van der Waals surface area contributed by atoms with Gasteiger partial charge in [0.2, 0.25) is 0 Å². The van der Waals surface area contributed by atoms with Crippen molar-refractivity contribution in [2.45, 2.75) is 33.8 Å². The summed E-state index contributed by atoms with van der Waals surface area (Å²) in [5.74, 6) is 0.271. The highest BCUT2D eigenvalue weighted by Gasteiger charge is 2.15. The molecule has 0 saturated carbocycles. The van der Waals surface area contributed by atoms with E-state index >= 15 is 0 Å². The molecule has 7 heteroatoms. The first-order chi connectivity index (χ1) is 13.8. The summed E-state index contributed by atoms with van der Waals surface area (Å²) >= 11 is 6.17. The molecule has 0 spiro atoms. The summed E-state index contributed by atoms with van der Waals surface area (Å²) in [6.45, 7) is 7.32. The fourth-order valence-corrected chi connectivity index (χ4v) is 2.92. The van der Waals surface area contributed by atoms with Gasteiger partial charge < -0.3 is 9.30 Å². The molecule has 0 saturated heterocycles. The number of carbonyl (C=O) groups is 1. The number of hydrazone groups is 1. The number of rotatable bonds is 6. The summed E-state index contributed by atoms with van der Waals surface area (Å²) in [5.41, 5.74) is 6.98. The number of imidazole rings is 1. The Balaban J connectivity index is 1.61. The van der Waals surface area contributed by atoms with Crippen LogP contribution in [0.25, 0.3) is 5.69 Å². The Morgan fingerprint density at radius 1 is 1.21 bits per heavy atom. The van der Waals surface area contributed by atoms with Crippen LogP contribution in [-0.4, -0.2) is 27.3 Å². The van der Waals surface area contributed by atoms with Crippen molar-refractivity contribution in [2.24, 2.45) is 5.10 Å². The first-order valence-electron chi connectivity index (χ1n) is 9.21. The van der Waals surface area contributed by atoms with Crippen LogP contribution in [0.5, 0.6) is 5.75 Å². The lowest BCUT2D eigenvalue weighted by atomic mass is 10.1. The Morgan fingerprint density at radius 2 is 1.86 bits per heavy atom. The van der Waals surface area contributed by atoms with Crippen molar-refractivity contribution < 1.29 is 9.53 Å². The number of hydrogen-bond donors (Lipinski definition) is 1. The number of hydrogen-bond acceptors (Lipinski definition) is 4. The number of ether oxygens (including phenoxy) is 1. The highest BCUT2D eigenvalue weighted by Crippen LogP contribution is 2.26. The average molecular weight is 411 g/mol. The molecular weight excluding hydrogens is 388 g/mol. The van der Waals surface area contributed by atoms with E-state index in [1.54, 1.807) is 19.4 Å². The summed E-state index contributed by atoms with van der Waals surface area (Å²) < 4.78 is 7.65. The van der Waals surface area contributed by atoms with Gasteiger partial charge in [0.15, 0.2) is 6.10 Å². The van der Waals surface area contributed by atoms with Crippen LogP contribution in [0.4, 0.5) is 0 Å². The van der Waals surface area contributed by atoms with E-state index in [0.717, 1.165) is 22.4 Å². The Kier molecular flexibility index (Phi) is 6.34. The predicted octanol–water partition coefficient (Wildman–Crippen LogP) is 4.45. The molecule has 0 fully saturated rings. The van der Waals surface area contributed by atoms with E-state index < -0.39 is 6.10 Å². The van der Waals surface area contributed by atoms with Gasteiger partial charge in [0.05, 0.1) is 12.0 Å². The summed E-state index contributed by atoms with van der Waals surface area (Å²) in [6.07, 6.45) is 4.64. The number of halogens is 1. The van der Waals surface area contributed by atoms with Gasteiger partial charge in [0.1, 0.15) is 5.75 Å². The largest absolute Gasteiger partial charge is 0.481 e. The monoisotopic (exact) mass is 410 g/mol. The Hall–Kier alpha value is -3.12. The fraction of sp³-hybridized carbons (Fsp3) is 0.227. The van der Waals surface area contributed by atoms with Crippen LogP contribution in [0.1, 0.15) is 30.5 Å². The van der Waals surface area contributed by atoms with Crippen LogP contribution in [0.3, 0.4) is 0 Å². The van der Waals surface area contributed by atoms with Crippen molar-refractivity contribution in [1.29, 1.82) is 0 Å². The van der Waals surface area contributed by atoms with Crippen molar-refractivity contribution in [2.75, 3.05) is 0 Å². The van der Waals surface area contributed by atoms with Gasteiger partial charge in [-0.2, -0.15) is 5.10 Å². The van der Waals surface area contributed by atoms with Crippen molar-refractivity contribution >= 4 is 23.2 Å². The minimum atomic E-state index is -0.699. The maximum absolute atomic E-state index is 12.3. The average Bonchev–Trinajstić information content (AvgIpc) is 3.24. The van der Waals surface area contributed by atoms with E-state index in [9.17, 15) is 4.79 Å². The van der Waals surface area contributed by atoms with E-state index in [1.165, 1.54) is 0 Å². The summed E-state index contributed by atoms with van der Waals surface area (Å²) in [4.78, 5) is 16.4. The highest BCUT2D eigenvalue weighted by atomic mass is 35.5. The quantitative estimate of drug-likeness (QED) is 0.482. The van der Waals surface area contributed by atoms with E-state index in [0.29, 0.717) is 16.5 Å². The van der Waals surface area contributed by atoms with Gasteiger partial charge in [-0.05, 0) is 68.7 Å². The summed E-state index contributed by atoms with van der Waals surface area (Å²) in [5, 5.41) is 4.90. The van der Waals surface area contributed by atoms with Crippen molar-refractivity contribution in [3.8, 4) is 11.4 Å². The van der Waals surface area contributed by atoms with Crippen LogP contribution in [0.2, 0.25) is 5.02 Å². The van der Waals surface area contributed by atoms with Gasteiger partial charge in [-0.1, -0.05) is 23.7 Å². The summed E-state index contributed by atoms with van der Waals surface area (Å²) in [7, 11) is 0. The molecule has 1 N–H and O–H groups in total. The second-order valence-electron chi connectivity index (χ2n) is 6.82. The van der Waals surface area contributed by atoms with Crippen molar-refractivity contribution in [1.82, 2.24) is 15.0 Å². The van der Waals surface area contributed by atoms with Crippen molar-refractivity contribution in [3.05, 3.63) is 76.8 Å². The number of carbonyl (C=O) groups excluding carboxylic acids is 1. The number of amides is 1. The molecule has 3 aromatic rings. The molecule has 1 atom stereocenters. The highest BCUT2D eigenvalue weighted by molar-refractivity contribution is 6.32. The Morgan fingerprint density at radius 3 is 2.45 bits per heavy atom. The van der Waals surface area contributed by atoms with E-state index in [2.05, 4.69) is 15.5 Å². The molecule has 3 rings (SSSR count). The standard InChI is InChI=1S/C22H23ClN4O2/c1-14-11-20(12-15(2)21(14)23)29-17(4)22(28)26-25-16(3)18-5-7-19(8-6-18)27-10-9-24-13-27/h5-13,17H,1-4H3,(H,26,28)/b25-16-/t17-/m0/s1. The van der Waals surface area contributed by atoms with Gasteiger partial charge in [0, 0.05) is 23.1 Å². The van der Waals surface area contributed by atoms with Crippen LogP contribution in [0, 0.1) is 13.8 Å². The third kappa shape index (κ3) is 5.03. The molecule has 0 radical (unpaired) electrons. The van der Waals surface area contributed by atoms with E-state index in [1.807, 2.05) is 67.9 Å². The first kappa shape index (κ1) is 20.6. The normalized spacial score (nSPS) is 12.5. The van der Waals surface area contributed by atoms with Crippen LogP contribution in [-0.2, 0) is 4.79 Å². The SMILES string of the molecule is C/C(=N/NC(=O)[C@H](C)Oc1cc(C)c(Cl)c(C)c1)c1ccc(-n2ccnc2)cc1. The molecule has 150 valence electrons. The zero-order valence-electron chi connectivity index (χ0n) is 16.8. The fourth-order valence-electron chi connectivity index (χ4n) is 2.81. The van der Waals surface area contributed by atoms with Gasteiger partial charge in [0.25, 0.3) is 5.91 Å². The number of aryl methyl sites for hydroxylation is 2. The van der Waals surface area contributed by atoms with Crippen LogP contribution in [0.15, 0.2) is 60.2 Å². The predicted molar refractivity (Wildman–Crippen MR) is 115 cm³/mol. The van der Waals surface area contributed by atoms with Crippen LogP contribution >= 0.6 is 11.6 Å². The lowest BCUT2D eigenvalue weighted by Gasteiger charge is -2.15. The maximum Gasteiger partial charge on any atom is 0.280 e. The molecular formula is C22H23ClN4O2. The molecule has 1 aromatic heterocycles. The van der Waals surface area contributed by atoms with Gasteiger partial charge >= 0.3 is 0 Å². The molecule has 0 unspecified atom stereocenters. The summed E-state index contributed by atoms with van der Waals surface area (Å²) in [6, 6.07) is 11.5. The van der Waals surface area contributed by atoms with Gasteiger partial charge in [-0.3, -0.25) is 4.79 Å². The minimum absolute atomic E-state index is 0.329. The number of nitrogens with one attached hydrogen (secondary N) is 1. The molecule has 2 aromatic carbocycles. The third-order valence-electron chi connectivity index (χ3n) is 4.51. The molecule has 6 nitrogen and oxygen atoms in total.